The van der Waals surface area contributed by atoms with Crippen molar-refractivity contribution in [2.45, 2.75) is 6.61 Å². The molecule has 0 spiro atoms. The number of alkyl halides is 2. The van der Waals surface area contributed by atoms with E-state index in [0.717, 1.165) is 12.1 Å². The van der Waals surface area contributed by atoms with Gasteiger partial charge in [0.25, 0.3) is 5.69 Å². The Hall–Kier alpha value is -2.56. The molecule has 0 atom stereocenters. The number of rotatable bonds is 4. The van der Waals surface area contributed by atoms with Gasteiger partial charge in [0, 0.05) is 11.6 Å². The van der Waals surface area contributed by atoms with Crippen LogP contribution in [0.5, 0.6) is 5.75 Å². The smallest absolute Gasteiger partial charge is 0.387 e. The van der Waals surface area contributed by atoms with Crippen molar-refractivity contribution in [2.75, 3.05) is 0 Å². The number of aldehydes is 1. The summed E-state index contributed by atoms with van der Waals surface area (Å²) in [5, 5.41) is 19.2. The third-order valence-corrected chi connectivity index (χ3v) is 1.76. The summed E-state index contributed by atoms with van der Waals surface area (Å²) in [6.45, 7) is -3.25. The average Bonchev–Trinajstić information content (AvgIpc) is 2.26. The number of hydrogen-bond donors (Lipinski definition) is 0. The molecule has 0 amide bonds. The molecule has 0 fully saturated rings. The normalized spacial score (nSPS) is 9.76. The fraction of sp³-hybridized carbons (Fsp3) is 0.111. The third-order valence-electron chi connectivity index (χ3n) is 1.76. The summed E-state index contributed by atoms with van der Waals surface area (Å²) >= 11 is 0. The molecule has 0 aliphatic heterocycles. The molecule has 17 heavy (non-hydrogen) atoms. The van der Waals surface area contributed by atoms with Gasteiger partial charge in [-0.3, -0.25) is 14.9 Å². The van der Waals surface area contributed by atoms with Gasteiger partial charge in [0.05, 0.1) is 4.92 Å². The van der Waals surface area contributed by atoms with Crippen LogP contribution in [0.3, 0.4) is 0 Å². The Kier molecular flexibility index (Phi) is 3.66. The molecule has 0 aromatic heterocycles. The number of ether oxygens (including phenoxy) is 1. The van der Waals surface area contributed by atoms with Gasteiger partial charge in [-0.05, 0) is 6.07 Å². The van der Waals surface area contributed by atoms with Crippen molar-refractivity contribution < 1.29 is 23.2 Å². The van der Waals surface area contributed by atoms with Crippen LogP contribution in [0.1, 0.15) is 15.9 Å². The van der Waals surface area contributed by atoms with Crippen LogP contribution in [0.25, 0.3) is 0 Å². The average molecular weight is 242 g/mol. The fourth-order valence-corrected chi connectivity index (χ4v) is 1.13. The second-order valence-corrected chi connectivity index (χ2v) is 2.78. The summed E-state index contributed by atoms with van der Waals surface area (Å²) in [7, 11) is 0. The summed E-state index contributed by atoms with van der Waals surface area (Å²) in [4.78, 5) is 20.1. The Morgan fingerprint density at radius 1 is 1.53 bits per heavy atom. The fourth-order valence-electron chi connectivity index (χ4n) is 1.13. The van der Waals surface area contributed by atoms with Crippen LogP contribution in [-0.4, -0.2) is 17.8 Å². The van der Waals surface area contributed by atoms with Crippen LogP contribution < -0.4 is 4.74 Å². The molecule has 0 unspecified atom stereocenters. The molecule has 0 radical (unpaired) electrons. The molecule has 0 heterocycles. The molecule has 0 saturated heterocycles. The van der Waals surface area contributed by atoms with Crippen LogP contribution in [0.4, 0.5) is 14.5 Å². The number of nitro groups is 1. The van der Waals surface area contributed by atoms with Gasteiger partial charge in [-0.25, -0.2) is 0 Å². The first-order chi connectivity index (χ1) is 7.99. The lowest BCUT2D eigenvalue weighted by atomic mass is 10.1. The largest absolute Gasteiger partial charge is 0.433 e. The van der Waals surface area contributed by atoms with Crippen LogP contribution in [-0.2, 0) is 0 Å². The quantitative estimate of drug-likeness (QED) is 0.456. The van der Waals surface area contributed by atoms with Gasteiger partial charge in [0.15, 0.2) is 11.3 Å². The summed E-state index contributed by atoms with van der Waals surface area (Å²) < 4.78 is 28.0. The van der Waals surface area contributed by atoms with Crippen LogP contribution in [0.2, 0.25) is 0 Å². The Morgan fingerprint density at radius 2 is 2.18 bits per heavy atom. The SMILES string of the molecule is N#Cc1c(OC(F)F)cc(C=O)cc1[N+](=O)[O-]. The maximum Gasteiger partial charge on any atom is 0.387 e. The zero-order chi connectivity index (χ0) is 13.0. The first-order valence-electron chi connectivity index (χ1n) is 4.12. The second kappa shape index (κ2) is 4.98. The van der Waals surface area contributed by atoms with Crippen LogP contribution in [0.15, 0.2) is 12.1 Å². The molecule has 0 aliphatic rings. The minimum atomic E-state index is -3.25. The lowest BCUT2D eigenvalue weighted by Crippen LogP contribution is -2.06. The van der Waals surface area contributed by atoms with Crippen molar-refractivity contribution >= 4 is 12.0 Å². The van der Waals surface area contributed by atoms with E-state index in [4.69, 9.17) is 5.26 Å². The van der Waals surface area contributed by atoms with E-state index in [1.807, 2.05) is 0 Å². The first kappa shape index (κ1) is 12.5. The Bertz CT molecular complexity index is 510. The van der Waals surface area contributed by atoms with E-state index in [9.17, 15) is 23.7 Å². The molecule has 1 rings (SSSR count). The van der Waals surface area contributed by atoms with Gasteiger partial charge in [-0.1, -0.05) is 0 Å². The monoisotopic (exact) mass is 242 g/mol. The van der Waals surface area contributed by atoms with E-state index in [1.54, 1.807) is 0 Å². The van der Waals surface area contributed by atoms with E-state index < -0.39 is 28.5 Å². The third kappa shape index (κ3) is 2.72. The van der Waals surface area contributed by atoms with Crippen LogP contribution >= 0.6 is 0 Å². The first-order valence-corrected chi connectivity index (χ1v) is 4.12. The van der Waals surface area contributed by atoms with Crippen molar-refractivity contribution in [3.63, 3.8) is 0 Å². The molecule has 0 N–H and O–H groups in total. The van der Waals surface area contributed by atoms with E-state index in [2.05, 4.69) is 4.74 Å². The number of carbonyl (C=O) groups excluding carboxylic acids is 1. The maximum absolute atomic E-state index is 12.0. The predicted octanol–water partition coefficient (Wildman–Crippen LogP) is 1.88. The second-order valence-electron chi connectivity index (χ2n) is 2.78. The van der Waals surface area contributed by atoms with Crippen molar-refractivity contribution in [1.29, 1.82) is 5.26 Å². The van der Waals surface area contributed by atoms with E-state index in [1.165, 1.54) is 6.07 Å². The zero-order valence-corrected chi connectivity index (χ0v) is 8.09. The minimum Gasteiger partial charge on any atom is -0.433 e. The van der Waals surface area contributed by atoms with E-state index in [0.29, 0.717) is 0 Å². The summed E-state index contributed by atoms with van der Waals surface area (Å²) in [6, 6.07) is 3.03. The Balaban J connectivity index is 3.46. The van der Waals surface area contributed by atoms with Gasteiger partial charge in [0.1, 0.15) is 12.4 Å². The van der Waals surface area contributed by atoms with Crippen molar-refractivity contribution in [3.8, 4) is 11.8 Å². The molecule has 6 nitrogen and oxygen atoms in total. The number of hydrogen-bond acceptors (Lipinski definition) is 5. The van der Waals surface area contributed by atoms with Gasteiger partial charge >= 0.3 is 6.61 Å². The van der Waals surface area contributed by atoms with Crippen molar-refractivity contribution in [3.05, 3.63) is 33.4 Å². The van der Waals surface area contributed by atoms with E-state index in [-0.39, 0.29) is 11.8 Å². The van der Waals surface area contributed by atoms with Gasteiger partial charge < -0.3 is 4.74 Å². The minimum absolute atomic E-state index is 0.229. The van der Waals surface area contributed by atoms with Crippen LogP contribution in [0, 0.1) is 21.4 Å². The Morgan fingerprint density at radius 3 is 2.59 bits per heavy atom. The lowest BCUT2D eigenvalue weighted by molar-refractivity contribution is -0.385. The number of halogens is 2. The number of benzene rings is 1. The number of nitrogens with zero attached hydrogens (tertiary/aromatic N) is 2. The number of carbonyl (C=O) groups is 1. The summed E-state index contributed by atoms with van der Waals surface area (Å²) in [5.41, 5.74) is -1.64. The summed E-state index contributed by atoms with van der Waals surface area (Å²) in [6.07, 6.45) is 0.229. The lowest BCUT2D eigenvalue weighted by Gasteiger charge is -2.07. The highest BCUT2D eigenvalue weighted by Crippen LogP contribution is 2.30. The number of nitriles is 1. The number of nitro benzene ring substituents is 1. The molecule has 0 aliphatic carbocycles. The maximum atomic E-state index is 12.0. The highest BCUT2D eigenvalue weighted by atomic mass is 19.3. The predicted molar refractivity (Wildman–Crippen MR) is 49.8 cm³/mol. The van der Waals surface area contributed by atoms with Crippen molar-refractivity contribution in [2.24, 2.45) is 0 Å². The molecular weight excluding hydrogens is 238 g/mol. The highest BCUT2D eigenvalue weighted by molar-refractivity contribution is 5.79. The Labute approximate surface area is 93.2 Å². The highest BCUT2D eigenvalue weighted by Gasteiger charge is 2.22. The molecule has 1 aromatic rings. The molecule has 1 aromatic carbocycles. The van der Waals surface area contributed by atoms with E-state index >= 15 is 0 Å². The molecule has 8 heteroatoms. The van der Waals surface area contributed by atoms with Gasteiger partial charge in [-0.2, -0.15) is 14.0 Å². The van der Waals surface area contributed by atoms with Crippen molar-refractivity contribution in [1.82, 2.24) is 0 Å². The van der Waals surface area contributed by atoms with Gasteiger partial charge in [0.2, 0.25) is 0 Å². The summed E-state index contributed by atoms with van der Waals surface area (Å²) in [5.74, 6) is -0.696. The standard InChI is InChI=1S/C9H4F2N2O4/c10-9(11)17-8-2-5(4-14)1-7(13(15)16)6(8)3-12/h1-2,4,9H. The molecule has 0 bridgehead atoms. The zero-order valence-electron chi connectivity index (χ0n) is 8.09. The van der Waals surface area contributed by atoms with Gasteiger partial charge in [-0.15, -0.1) is 0 Å². The topological polar surface area (TPSA) is 93.2 Å². The molecule has 88 valence electrons. The molecule has 0 saturated carbocycles. The molecular formula is C9H4F2N2O4.